The fourth-order valence-electron chi connectivity index (χ4n) is 2.78. The Kier molecular flexibility index (Phi) is 5.59. The normalized spacial score (nSPS) is 21.1. The SMILES string of the molecule is CNC(/C1=C/CCCCCC1)c1c(F)cccc1Br. The Morgan fingerprint density at radius 3 is 2.74 bits per heavy atom. The molecule has 0 saturated carbocycles. The van der Waals surface area contributed by atoms with Crippen LogP contribution in [0.3, 0.4) is 0 Å². The maximum absolute atomic E-state index is 14.1. The molecule has 104 valence electrons. The lowest BCUT2D eigenvalue weighted by Gasteiger charge is -2.23. The van der Waals surface area contributed by atoms with Crippen molar-refractivity contribution in [3.8, 4) is 0 Å². The van der Waals surface area contributed by atoms with Gasteiger partial charge < -0.3 is 5.32 Å². The van der Waals surface area contributed by atoms with Crippen molar-refractivity contribution in [2.45, 2.75) is 44.6 Å². The van der Waals surface area contributed by atoms with Gasteiger partial charge in [0, 0.05) is 10.0 Å². The molecule has 3 heteroatoms. The molecule has 0 aliphatic heterocycles. The minimum atomic E-state index is -0.142. The van der Waals surface area contributed by atoms with E-state index in [2.05, 4.69) is 27.3 Å². The Bertz CT molecular complexity index is 436. The number of allylic oxidation sites excluding steroid dienone is 1. The van der Waals surface area contributed by atoms with E-state index in [0.29, 0.717) is 0 Å². The van der Waals surface area contributed by atoms with Gasteiger partial charge in [-0.05, 0) is 44.9 Å². The molecule has 0 amide bonds. The largest absolute Gasteiger partial charge is 0.309 e. The molecule has 19 heavy (non-hydrogen) atoms. The van der Waals surface area contributed by atoms with E-state index in [4.69, 9.17) is 0 Å². The molecule has 0 bridgehead atoms. The molecule has 2 rings (SSSR count). The van der Waals surface area contributed by atoms with E-state index in [1.54, 1.807) is 6.07 Å². The summed E-state index contributed by atoms with van der Waals surface area (Å²) in [5, 5.41) is 3.28. The first-order valence-electron chi connectivity index (χ1n) is 7.04. The van der Waals surface area contributed by atoms with E-state index in [1.165, 1.54) is 37.3 Å². The van der Waals surface area contributed by atoms with Crippen molar-refractivity contribution < 1.29 is 4.39 Å². The van der Waals surface area contributed by atoms with Crippen LogP contribution in [-0.2, 0) is 0 Å². The highest BCUT2D eigenvalue weighted by atomic mass is 79.9. The summed E-state index contributed by atoms with van der Waals surface area (Å²) in [5.41, 5.74) is 2.06. The second kappa shape index (κ2) is 7.20. The van der Waals surface area contributed by atoms with Gasteiger partial charge in [0.05, 0.1) is 6.04 Å². The van der Waals surface area contributed by atoms with Crippen molar-refractivity contribution in [3.05, 3.63) is 45.7 Å². The highest BCUT2D eigenvalue weighted by Crippen LogP contribution is 2.34. The number of halogens is 2. The summed E-state index contributed by atoms with van der Waals surface area (Å²) < 4.78 is 15.0. The lowest BCUT2D eigenvalue weighted by molar-refractivity contribution is 0.540. The fourth-order valence-corrected chi connectivity index (χ4v) is 3.35. The third-order valence-corrected chi connectivity index (χ3v) is 4.47. The quantitative estimate of drug-likeness (QED) is 0.759. The second-order valence-corrected chi connectivity index (χ2v) is 5.94. The molecule has 0 saturated heterocycles. The molecule has 0 radical (unpaired) electrons. The highest BCUT2D eigenvalue weighted by Gasteiger charge is 2.21. The summed E-state index contributed by atoms with van der Waals surface area (Å²) in [4.78, 5) is 0. The van der Waals surface area contributed by atoms with Gasteiger partial charge in [0.25, 0.3) is 0 Å². The first-order chi connectivity index (χ1) is 9.24. The van der Waals surface area contributed by atoms with Gasteiger partial charge in [-0.2, -0.15) is 0 Å². The van der Waals surface area contributed by atoms with E-state index in [1.807, 2.05) is 13.1 Å². The van der Waals surface area contributed by atoms with Crippen LogP contribution < -0.4 is 5.32 Å². The van der Waals surface area contributed by atoms with Crippen LogP contribution in [0.1, 0.15) is 50.1 Å². The third kappa shape index (κ3) is 3.67. The van der Waals surface area contributed by atoms with E-state index in [0.717, 1.165) is 22.9 Å². The Labute approximate surface area is 123 Å². The van der Waals surface area contributed by atoms with E-state index >= 15 is 0 Å². The number of benzene rings is 1. The second-order valence-electron chi connectivity index (χ2n) is 5.09. The molecular formula is C16H21BrFN. The lowest BCUT2D eigenvalue weighted by Crippen LogP contribution is -2.21. The predicted molar refractivity (Wildman–Crippen MR) is 81.7 cm³/mol. The summed E-state index contributed by atoms with van der Waals surface area (Å²) in [6.07, 6.45) is 9.53. The van der Waals surface area contributed by atoms with Crippen molar-refractivity contribution >= 4 is 15.9 Å². The van der Waals surface area contributed by atoms with Crippen LogP contribution in [0.25, 0.3) is 0 Å². The summed E-state index contributed by atoms with van der Waals surface area (Å²) >= 11 is 3.48. The van der Waals surface area contributed by atoms with Crippen LogP contribution in [0.4, 0.5) is 4.39 Å². The van der Waals surface area contributed by atoms with Crippen LogP contribution >= 0.6 is 15.9 Å². The van der Waals surface area contributed by atoms with Crippen molar-refractivity contribution in [3.63, 3.8) is 0 Å². The zero-order valence-corrected chi connectivity index (χ0v) is 13.0. The van der Waals surface area contributed by atoms with Gasteiger partial charge >= 0.3 is 0 Å². The molecule has 1 aromatic carbocycles. The standard InChI is InChI=1S/C16H21BrFN/c1-19-16(12-8-5-3-2-4-6-9-12)15-13(17)10-7-11-14(15)18/h7-8,10-11,16,19H,2-6,9H2,1H3/b12-8+. The number of likely N-dealkylation sites (N-methyl/N-ethyl adjacent to an activating group) is 1. The Morgan fingerprint density at radius 2 is 2.00 bits per heavy atom. The molecule has 1 nitrogen and oxygen atoms in total. The maximum atomic E-state index is 14.1. The average molecular weight is 326 g/mol. The van der Waals surface area contributed by atoms with Gasteiger partial charge in [-0.25, -0.2) is 4.39 Å². The smallest absolute Gasteiger partial charge is 0.129 e. The van der Waals surface area contributed by atoms with Gasteiger partial charge in [-0.3, -0.25) is 0 Å². The number of hydrogen-bond donors (Lipinski definition) is 1. The summed E-state index contributed by atoms with van der Waals surface area (Å²) in [5.74, 6) is -0.142. The molecule has 0 heterocycles. The lowest BCUT2D eigenvalue weighted by atomic mass is 9.91. The zero-order chi connectivity index (χ0) is 13.7. The Balaban J connectivity index is 2.32. The van der Waals surface area contributed by atoms with Gasteiger partial charge in [-0.1, -0.05) is 46.5 Å². The minimum absolute atomic E-state index is 0.0197. The van der Waals surface area contributed by atoms with Crippen LogP contribution in [0.5, 0.6) is 0 Å². The molecule has 1 unspecified atom stereocenters. The Morgan fingerprint density at radius 1 is 1.21 bits per heavy atom. The fraction of sp³-hybridized carbons (Fsp3) is 0.500. The topological polar surface area (TPSA) is 12.0 Å². The zero-order valence-electron chi connectivity index (χ0n) is 11.4. The highest BCUT2D eigenvalue weighted by molar-refractivity contribution is 9.10. The van der Waals surface area contributed by atoms with E-state index in [9.17, 15) is 4.39 Å². The first-order valence-corrected chi connectivity index (χ1v) is 7.83. The molecule has 0 aromatic heterocycles. The van der Waals surface area contributed by atoms with Gasteiger partial charge in [0.15, 0.2) is 0 Å². The van der Waals surface area contributed by atoms with Crippen LogP contribution in [-0.4, -0.2) is 7.05 Å². The molecule has 1 aromatic rings. The Hall–Kier alpha value is -0.670. The maximum Gasteiger partial charge on any atom is 0.129 e. The number of rotatable bonds is 3. The predicted octanol–water partition coefficient (Wildman–Crippen LogP) is 5.13. The monoisotopic (exact) mass is 325 g/mol. The average Bonchev–Trinajstić information content (AvgIpc) is 2.35. The van der Waals surface area contributed by atoms with E-state index < -0.39 is 0 Å². The molecular weight excluding hydrogens is 305 g/mol. The first kappa shape index (κ1) is 14.7. The van der Waals surface area contributed by atoms with Crippen molar-refractivity contribution in [1.82, 2.24) is 5.32 Å². The van der Waals surface area contributed by atoms with Crippen molar-refractivity contribution in [2.24, 2.45) is 0 Å². The molecule has 0 spiro atoms. The van der Waals surface area contributed by atoms with Crippen LogP contribution in [0.2, 0.25) is 0 Å². The summed E-state index contributed by atoms with van der Waals surface area (Å²) in [6, 6.07) is 5.16. The summed E-state index contributed by atoms with van der Waals surface area (Å²) in [7, 11) is 1.91. The third-order valence-electron chi connectivity index (χ3n) is 3.77. The van der Waals surface area contributed by atoms with Gasteiger partial charge in [-0.15, -0.1) is 0 Å². The minimum Gasteiger partial charge on any atom is -0.309 e. The number of nitrogens with one attached hydrogen (secondary N) is 1. The number of hydrogen-bond acceptors (Lipinski definition) is 1. The van der Waals surface area contributed by atoms with Crippen molar-refractivity contribution in [2.75, 3.05) is 7.05 Å². The van der Waals surface area contributed by atoms with Gasteiger partial charge in [0.2, 0.25) is 0 Å². The van der Waals surface area contributed by atoms with Gasteiger partial charge in [0.1, 0.15) is 5.82 Å². The van der Waals surface area contributed by atoms with Crippen molar-refractivity contribution in [1.29, 1.82) is 0 Å². The molecule has 1 aliphatic carbocycles. The molecule has 0 fully saturated rings. The molecule has 1 atom stereocenters. The molecule has 1 N–H and O–H groups in total. The van der Waals surface area contributed by atoms with Crippen LogP contribution in [0, 0.1) is 5.82 Å². The molecule has 1 aliphatic rings. The van der Waals surface area contributed by atoms with E-state index in [-0.39, 0.29) is 11.9 Å². The summed E-state index contributed by atoms with van der Waals surface area (Å²) in [6.45, 7) is 0. The van der Waals surface area contributed by atoms with Crippen LogP contribution in [0.15, 0.2) is 34.3 Å².